The normalized spacial score (nSPS) is 11.6. The van der Waals surface area contributed by atoms with Crippen LogP contribution in [0.15, 0.2) is 58.3 Å². The molecule has 3 aromatic heterocycles. The Kier molecular flexibility index (Phi) is 4.01. The van der Waals surface area contributed by atoms with Gasteiger partial charge in [-0.3, -0.25) is 22.9 Å². The number of halogens is 1. The highest BCUT2D eigenvalue weighted by Gasteiger charge is 2.22. The van der Waals surface area contributed by atoms with Crippen molar-refractivity contribution in [3.05, 3.63) is 86.4 Å². The highest BCUT2D eigenvalue weighted by molar-refractivity contribution is 5.79. The van der Waals surface area contributed by atoms with Crippen molar-refractivity contribution >= 4 is 16.9 Å². The van der Waals surface area contributed by atoms with Gasteiger partial charge in [-0.1, -0.05) is 6.07 Å². The van der Waals surface area contributed by atoms with Crippen molar-refractivity contribution in [1.29, 1.82) is 0 Å². The molecular formula is C23H20FN5O2. The molecule has 0 atom stereocenters. The van der Waals surface area contributed by atoms with Crippen molar-refractivity contribution in [3.8, 4) is 16.9 Å². The average molecular weight is 417 g/mol. The smallest absolute Gasteiger partial charge is 0.279 e. The van der Waals surface area contributed by atoms with Crippen LogP contribution in [0.3, 0.4) is 0 Å². The number of hydrogen-bond acceptors (Lipinski definition) is 3. The first-order chi connectivity index (χ1) is 14.8. The topological polar surface area (TPSA) is 66.2 Å². The van der Waals surface area contributed by atoms with E-state index in [1.807, 2.05) is 30.5 Å². The maximum Gasteiger partial charge on any atom is 0.332 e. The molecule has 0 radical (unpaired) electrons. The third-order valence-corrected chi connectivity index (χ3v) is 5.57. The Hall–Kier alpha value is -3.94. The molecule has 156 valence electrons. The molecule has 0 amide bonds. The van der Waals surface area contributed by atoms with Crippen molar-refractivity contribution < 1.29 is 4.39 Å². The van der Waals surface area contributed by atoms with E-state index in [1.165, 1.54) is 23.7 Å². The summed E-state index contributed by atoms with van der Waals surface area (Å²) in [6, 6.07) is 12.3. The van der Waals surface area contributed by atoms with Gasteiger partial charge in [0.1, 0.15) is 5.82 Å². The minimum absolute atomic E-state index is 0.311. The molecule has 0 aliphatic carbocycles. The lowest BCUT2D eigenvalue weighted by Gasteiger charge is -2.11. The Labute approximate surface area is 176 Å². The lowest BCUT2D eigenvalue weighted by molar-refractivity contribution is 0.628. The lowest BCUT2D eigenvalue weighted by atomic mass is 10.1. The Morgan fingerprint density at radius 3 is 2.19 bits per heavy atom. The van der Waals surface area contributed by atoms with Crippen LogP contribution < -0.4 is 11.2 Å². The zero-order chi connectivity index (χ0) is 22.0. The minimum atomic E-state index is -0.435. The maximum atomic E-state index is 13.6. The van der Waals surface area contributed by atoms with Gasteiger partial charge < -0.3 is 0 Å². The van der Waals surface area contributed by atoms with E-state index >= 15 is 0 Å². The summed E-state index contributed by atoms with van der Waals surface area (Å²) in [5.74, 6) is 0.171. The highest BCUT2D eigenvalue weighted by atomic mass is 19.1. The summed E-state index contributed by atoms with van der Waals surface area (Å²) in [6.45, 7) is 4.02. The van der Waals surface area contributed by atoms with E-state index in [9.17, 15) is 14.0 Å². The molecule has 2 aromatic carbocycles. The number of nitrogens with zero attached hydrogens (tertiary/aromatic N) is 5. The number of aromatic nitrogens is 5. The molecule has 8 heteroatoms. The molecule has 0 fully saturated rings. The van der Waals surface area contributed by atoms with Crippen LogP contribution in [0, 0.1) is 19.7 Å². The van der Waals surface area contributed by atoms with Crippen molar-refractivity contribution in [2.24, 2.45) is 14.1 Å². The van der Waals surface area contributed by atoms with Crippen LogP contribution in [0.2, 0.25) is 0 Å². The second-order valence-electron chi connectivity index (χ2n) is 7.86. The summed E-state index contributed by atoms with van der Waals surface area (Å²) in [4.78, 5) is 30.0. The number of rotatable bonds is 2. The van der Waals surface area contributed by atoms with Gasteiger partial charge in [0.2, 0.25) is 5.78 Å². The molecule has 0 aliphatic heterocycles. The molecule has 7 nitrogen and oxygen atoms in total. The zero-order valence-corrected chi connectivity index (χ0v) is 17.5. The van der Waals surface area contributed by atoms with Gasteiger partial charge in [0.15, 0.2) is 11.2 Å². The first-order valence-corrected chi connectivity index (χ1v) is 9.80. The van der Waals surface area contributed by atoms with E-state index in [0.29, 0.717) is 16.9 Å². The van der Waals surface area contributed by atoms with Crippen LogP contribution in [0.4, 0.5) is 4.39 Å². The fourth-order valence-electron chi connectivity index (χ4n) is 4.13. The minimum Gasteiger partial charge on any atom is -0.279 e. The van der Waals surface area contributed by atoms with Crippen LogP contribution in [-0.2, 0) is 14.1 Å². The molecule has 0 unspecified atom stereocenters. The summed E-state index contributed by atoms with van der Waals surface area (Å²) >= 11 is 0. The van der Waals surface area contributed by atoms with Gasteiger partial charge in [0.25, 0.3) is 5.56 Å². The van der Waals surface area contributed by atoms with Gasteiger partial charge in [-0.2, -0.15) is 4.98 Å². The molecule has 0 N–H and O–H groups in total. The van der Waals surface area contributed by atoms with E-state index in [0.717, 1.165) is 32.6 Å². The Balaban J connectivity index is 1.98. The molecule has 0 bridgehead atoms. The predicted molar refractivity (Wildman–Crippen MR) is 117 cm³/mol. The van der Waals surface area contributed by atoms with Crippen LogP contribution in [0.1, 0.15) is 11.1 Å². The van der Waals surface area contributed by atoms with Gasteiger partial charge in [0.05, 0.1) is 5.69 Å². The van der Waals surface area contributed by atoms with E-state index in [4.69, 9.17) is 0 Å². The molecule has 5 rings (SSSR count). The Bertz CT molecular complexity index is 1600. The first kappa shape index (κ1) is 19.0. The number of imidazole rings is 2. The third kappa shape index (κ3) is 2.75. The second-order valence-corrected chi connectivity index (χ2v) is 7.86. The van der Waals surface area contributed by atoms with Crippen LogP contribution >= 0.6 is 0 Å². The highest BCUT2D eigenvalue weighted by Crippen LogP contribution is 2.29. The second kappa shape index (κ2) is 6.53. The molecule has 3 heterocycles. The Morgan fingerprint density at radius 1 is 0.903 bits per heavy atom. The standard InChI is InChI=1S/C23H20FN5O2/c1-13-9-14(2)11-17(10-13)29-18(15-5-7-16(24)8-6-15)12-28-19-20(25-22(28)29)26(3)23(31)27(4)21(19)30/h5-12H,1-4H3. The molecule has 5 aromatic rings. The van der Waals surface area contributed by atoms with Crippen LogP contribution in [0.25, 0.3) is 33.9 Å². The zero-order valence-electron chi connectivity index (χ0n) is 17.5. The summed E-state index contributed by atoms with van der Waals surface area (Å²) < 4.78 is 19.6. The molecule has 0 saturated carbocycles. The molecular weight excluding hydrogens is 397 g/mol. The lowest BCUT2D eigenvalue weighted by Crippen LogP contribution is -2.37. The average Bonchev–Trinajstić information content (AvgIpc) is 3.26. The monoisotopic (exact) mass is 417 g/mol. The SMILES string of the molecule is Cc1cc(C)cc(-n2c(-c3ccc(F)cc3)cn3c4c(=O)n(C)c(=O)n(C)c4nc23)c1. The fourth-order valence-corrected chi connectivity index (χ4v) is 4.13. The summed E-state index contributed by atoms with van der Waals surface area (Å²) in [5.41, 5.74) is 4.31. The summed E-state index contributed by atoms with van der Waals surface area (Å²) in [7, 11) is 3.05. The van der Waals surface area contributed by atoms with Gasteiger partial charge in [-0.25, -0.2) is 9.18 Å². The number of fused-ring (bicyclic) bond motifs is 3. The summed E-state index contributed by atoms with van der Waals surface area (Å²) in [6.07, 6.45) is 1.81. The quantitative estimate of drug-likeness (QED) is 0.443. The first-order valence-electron chi connectivity index (χ1n) is 9.80. The number of hydrogen-bond donors (Lipinski definition) is 0. The van der Waals surface area contributed by atoms with Gasteiger partial charge in [0, 0.05) is 31.5 Å². The maximum absolute atomic E-state index is 13.6. The van der Waals surface area contributed by atoms with Gasteiger partial charge >= 0.3 is 5.69 Å². The van der Waals surface area contributed by atoms with E-state index in [-0.39, 0.29) is 5.82 Å². The van der Waals surface area contributed by atoms with Crippen molar-refractivity contribution in [2.45, 2.75) is 13.8 Å². The van der Waals surface area contributed by atoms with E-state index < -0.39 is 11.2 Å². The number of aryl methyl sites for hydroxylation is 3. The predicted octanol–water partition coefficient (Wildman–Crippen LogP) is 3.10. The molecule has 0 aliphatic rings. The van der Waals surface area contributed by atoms with Crippen LogP contribution in [0.5, 0.6) is 0 Å². The third-order valence-electron chi connectivity index (χ3n) is 5.57. The molecule has 0 spiro atoms. The van der Waals surface area contributed by atoms with Gasteiger partial charge in [-0.05, 0) is 61.4 Å². The van der Waals surface area contributed by atoms with E-state index in [2.05, 4.69) is 11.1 Å². The fraction of sp³-hybridized carbons (Fsp3) is 0.174. The Morgan fingerprint density at radius 2 is 1.55 bits per heavy atom. The van der Waals surface area contributed by atoms with Crippen molar-refractivity contribution in [1.82, 2.24) is 23.1 Å². The molecule has 31 heavy (non-hydrogen) atoms. The summed E-state index contributed by atoms with van der Waals surface area (Å²) in [5, 5.41) is 0. The van der Waals surface area contributed by atoms with Crippen molar-refractivity contribution in [3.63, 3.8) is 0 Å². The van der Waals surface area contributed by atoms with Crippen molar-refractivity contribution in [2.75, 3.05) is 0 Å². The van der Waals surface area contributed by atoms with Crippen LogP contribution in [-0.4, -0.2) is 23.1 Å². The largest absolute Gasteiger partial charge is 0.332 e. The number of benzene rings is 2. The van der Waals surface area contributed by atoms with Gasteiger partial charge in [-0.15, -0.1) is 0 Å². The molecule has 0 saturated heterocycles. The van der Waals surface area contributed by atoms with E-state index in [1.54, 1.807) is 29.8 Å².